The molecule has 0 N–H and O–H groups in total. The van der Waals surface area contributed by atoms with Gasteiger partial charge in [-0.25, -0.2) is 4.79 Å². The van der Waals surface area contributed by atoms with Crippen LogP contribution in [0.25, 0.3) is 0 Å². The molecule has 1 aliphatic rings. The second kappa shape index (κ2) is 6.67. The molecule has 0 aromatic heterocycles. The first-order valence-corrected chi connectivity index (χ1v) is 7.57. The molecule has 1 aliphatic heterocycles. The van der Waals surface area contributed by atoms with Crippen LogP contribution < -0.4 is 0 Å². The Balaban J connectivity index is 2.62. The summed E-state index contributed by atoms with van der Waals surface area (Å²) in [5.41, 5.74) is -1.17. The van der Waals surface area contributed by atoms with Gasteiger partial charge < -0.3 is 14.4 Å². The van der Waals surface area contributed by atoms with E-state index >= 15 is 0 Å². The predicted octanol–water partition coefficient (Wildman–Crippen LogP) is 2.54. The monoisotopic (exact) mass is 313 g/mol. The molecule has 1 amide bonds. The Morgan fingerprint density at radius 1 is 1.09 bits per heavy atom. The van der Waals surface area contributed by atoms with Crippen LogP contribution in [-0.2, 0) is 19.1 Å². The third-order valence-corrected chi connectivity index (χ3v) is 2.89. The number of hydrogen-bond donors (Lipinski definition) is 0. The molecule has 6 heteroatoms. The number of carbonyl (C=O) groups is 3. The Bertz CT molecular complexity index is 444. The number of rotatable bonds is 2. The van der Waals surface area contributed by atoms with Crippen LogP contribution in [0.3, 0.4) is 0 Å². The average Bonchev–Trinajstić information content (AvgIpc) is 2.22. The quantitative estimate of drug-likeness (QED) is 0.733. The number of amides is 1. The van der Waals surface area contributed by atoms with Crippen molar-refractivity contribution < 1.29 is 23.9 Å². The first-order chi connectivity index (χ1) is 9.85. The minimum Gasteiger partial charge on any atom is -0.460 e. The number of ether oxygens (including phenoxy) is 2. The van der Waals surface area contributed by atoms with Crippen LogP contribution in [0.1, 0.15) is 54.4 Å². The molecular weight excluding hydrogens is 286 g/mol. The van der Waals surface area contributed by atoms with E-state index in [2.05, 4.69) is 0 Å². The highest BCUT2D eigenvalue weighted by Gasteiger charge is 2.33. The highest BCUT2D eigenvalue weighted by atomic mass is 16.6. The van der Waals surface area contributed by atoms with Crippen molar-refractivity contribution in [3.63, 3.8) is 0 Å². The first-order valence-electron chi connectivity index (χ1n) is 7.57. The average molecular weight is 313 g/mol. The molecule has 0 saturated carbocycles. The molecule has 0 spiro atoms. The Labute approximate surface area is 132 Å². The Morgan fingerprint density at radius 3 is 2.14 bits per heavy atom. The van der Waals surface area contributed by atoms with Gasteiger partial charge in [-0.1, -0.05) is 0 Å². The van der Waals surface area contributed by atoms with E-state index in [4.69, 9.17) is 9.47 Å². The summed E-state index contributed by atoms with van der Waals surface area (Å²) in [6, 6.07) is 0. The van der Waals surface area contributed by atoms with E-state index in [9.17, 15) is 14.4 Å². The van der Waals surface area contributed by atoms with Crippen molar-refractivity contribution in [3.8, 4) is 0 Å². The van der Waals surface area contributed by atoms with Crippen molar-refractivity contribution in [1.29, 1.82) is 0 Å². The summed E-state index contributed by atoms with van der Waals surface area (Å²) in [6.07, 6.45) is -0.101. The van der Waals surface area contributed by atoms with Gasteiger partial charge in [0.2, 0.25) is 0 Å². The topological polar surface area (TPSA) is 72.9 Å². The Hall–Kier alpha value is -1.59. The zero-order valence-electron chi connectivity index (χ0n) is 14.4. The van der Waals surface area contributed by atoms with Gasteiger partial charge in [-0.2, -0.15) is 0 Å². The fourth-order valence-corrected chi connectivity index (χ4v) is 2.26. The van der Waals surface area contributed by atoms with Crippen LogP contribution in [0.4, 0.5) is 4.79 Å². The van der Waals surface area contributed by atoms with Gasteiger partial charge in [0.15, 0.2) is 5.78 Å². The molecule has 1 fully saturated rings. The molecular formula is C16H27NO5. The molecule has 0 radical (unpaired) electrons. The number of esters is 1. The van der Waals surface area contributed by atoms with Crippen LogP contribution >= 0.6 is 0 Å². The van der Waals surface area contributed by atoms with Gasteiger partial charge in [0, 0.05) is 13.0 Å². The van der Waals surface area contributed by atoms with Crippen LogP contribution in [0.2, 0.25) is 0 Å². The van der Waals surface area contributed by atoms with Crippen LogP contribution in [0, 0.1) is 5.92 Å². The summed E-state index contributed by atoms with van der Waals surface area (Å²) >= 11 is 0. The lowest BCUT2D eigenvalue weighted by atomic mass is 9.94. The summed E-state index contributed by atoms with van der Waals surface area (Å²) in [7, 11) is 0. The van der Waals surface area contributed by atoms with Crippen molar-refractivity contribution in [2.75, 3.05) is 13.1 Å². The summed E-state index contributed by atoms with van der Waals surface area (Å²) < 4.78 is 10.5. The highest BCUT2D eigenvalue weighted by Crippen LogP contribution is 2.21. The molecule has 6 nitrogen and oxygen atoms in total. The van der Waals surface area contributed by atoms with Crippen LogP contribution in [0.5, 0.6) is 0 Å². The van der Waals surface area contributed by atoms with E-state index in [0.717, 1.165) is 0 Å². The third kappa shape index (κ3) is 6.91. The van der Waals surface area contributed by atoms with Gasteiger partial charge in [0.25, 0.3) is 0 Å². The standard InChI is InChI=1S/C16H27NO5/c1-15(2,3)21-13(19)8-11-7-12(18)10-17(9-11)14(20)22-16(4,5)6/h11H,7-10H2,1-6H3. The lowest BCUT2D eigenvalue weighted by molar-refractivity contribution is -0.156. The molecule has 1 saturated heterocycles. The number of ketones is 1. The molecule has 22 heavy (non-hydrogen) atoms. The predicted molar refractivity (Wildman–Crippen MR) is 81.4 cm³/mol. The maximum atomic E-state index is 12.1. The summed E-state index contributed by atoms with van der Waals surface area (Å²) in [5, 5.41) is 0. The van der Waals surface area contributed by atoms with E-state index in [0.29, 0.717) is 13.0 Å². The number of hydrogen-bond acceptors (Lipinski definition) is 5. The largest absolute Gasteiger partial charge is 0.460 e. The van der Waals surface area contributed by atoms with E-state index in [1.165, 1.54) is 4.90 Å². The number of Topliss-reactive ketones (excluding diaryl/α,β-unsaturated/α-hetero) is 1. The van der Waals surface area contributed by atoms with E-state index in [-0.39, 0.29) is 30.6 Å². The molecule has 0 aromatic carbocycles. The first kappa shape index (κ1) is 18.5. The number of likely N-dealkylation sites (tertiary alicyclic amines) is 1. The fraction of sp³-hybridized carbons (Fsp3) is 0.812. The molecule has 1 unspecified atom stereocenters. The van der Waals surface area contributed by atoms with Crippen molar-refractivity contribution in [1.82, 2.24) is 4.90 Å². The zero-order valence-corrected chi connectivity index (χ0v) is 14.4. The highest BCUT2D eigenvalue weighted by molar-refractivity contribution is 5.86. The maximum absolute atomic E-state index is 12.1. The SMILES string of the molecule is CC(C)(C)OC(=O)CC1CC(=O)CN(C(=O)OC(C)(C)C)C1. The Kier molecular flexibility index (Phi) is 5.59. The van der Waals surface area contributed by atoms with Crippen molar-refractivity contribution in [2.24, 2.45) is 5.92 Å². The minimum absolute atomic E-state index is 0.0414. The lowest BCUT2D eigenvalue weighted by Gasteiger charge is -2.33. The lowest BCUT2D eigenvalue weighted by Crippen LogP contribution is -2.47. The van der Waals surface area contributed by atoms with Crippen molar-refractivity contribution >= 4 is 17.8 Å². The zero-order chi connectivity index (χ0) is 17.1. The molecule has 1 atom stereocenters. The minimum atomic E-state index is -0.613. The van der Waals surface area contributed by atoms with Gasteiger partial charge in [-0.3, -0.25) is 9.59 Å². The van der Waals surface area contributed by atoms with Gasteiger partial charge in [-0.05, 0) is 47.5 Å². The molecule has 126 valence electrons. The smallest absolute Gasteiger partial charge is 0.410 e. The fourth-order valence-electron chi connectivity index (χ4n) is 2.26. The van der Waals surface area contributed by atoms with Crippen LogP contribution in [0.15, 0.2) is 0 Å². The van der Waals surface area contributed by atoms with E-state index < -0.39 is 17.3 Å². The molecule has 0 bridgehead atoms. The van der Waals surface area contributed by atoms with E-state index in [1.807, 2.05) is 0 Å². The van der Waals surface area contributed by atoms with Gasteiger partial charge in [0.05, 0.1) is 13.0 Å². The second-order valence-corrected chi connectivity index (χ2v) is 7.76. The van der Waals surface area contributed by atoms with Crippen molar-refractivity contribution in [2.45, 2.75) is 65.6 Å². The summed E-state index contributed by atoms with van der Waals surface area (Å²) in [5.74, 6) is -0.634. The molecule has 0 aliphatic carbocycles. The molecule has 0 aromatic rings. The van der Waals surface area contributed by atoms with Gasteiger partial charge in [-0.15, -0.1) is 0 Å². The van der Waals surface area contributed by atoms with E-state index in [1.54, 1.807) is 41.5 Å². The van der Waals surface area contributed by atoms with Crippen LogP contribution in [-0.4, -0.2) is 47.0 Å². The number of nitrogens with zero attached hydrogens (tertiary/aromatic N) is 1. The van der Waals surface area contributed by atoms with Crippen molar-refractivity contribution in [3.05, 3.63) is 0 Å². The second-order valence-electron chi connectivity index (χ2n) is 7.76. The summed E-state index contributed by atoms with van der Waals surface area (Å²) in [4.78, 5) is 37.1. The summed E-state index contributed by atoms with van der Waals surface area (Å²) in [6.45, 7) is 11.1. The third-order valence-electron chi connectivity index (χ3n) is 2.89. The number of carbonyl (C=O) groups excluding carboxylic acids is 3. The molecule has 1 rings (SSSR count). The molecule has 1 heterocycles. The normalized spacial score (nSPS) is 19.8. The Morgan fingerprint density at radius 2 is 1.64 bits per heavy atom. The van der Waals surface area contributed by atoms with Gasteiger partial charge >= 0.3 is 12.1 Å². The maximum Gasteiger partial charge on any atom is 0.410 e. The van der Waals surface area contributed by atoms with Gasteiger partial charge in [0.1, 0.15) is 11.2 Å². The number of piperidine rings is 1.